The summed E-state index contributed by atoms with van der Waals surface area (Å²) in [6.45, 7) is 0. The van der Waals surface area contributed by atoms with E-state index in [9.17, 15) is 4.79 Å². The minimum absolute atomic E-state index is 0.134. The van der Waals surface area contributed by atoms with Gasteiger partial charge in [0.2, 0.25) is 5.75 Å². The first-order chi connectivity index (χ1) is 11.6. The van der Waals surface area contributed by atoms with E-state index in [1.54, 1.807) is 63.8 Å². The van der Waals surface area contributed by atoms with Crippen molar-refractivity contribution in [2.75, 3.05) is 28.4 Å². The van der Waals surface area contributed by atoms with Crippen LogP contribution >= 0.6 is 0 Å². The third-order valence-corrected chi connectivity index (χ3v) is 3.50. The molecule has 2 aromatic carbocycles. The molecule has 0 heterocycles. The van der Waals surface area contributed by atoms with E-state index in [4.69, 9.17) is 18.9 Å². The van der Waals surface area contributed by atoms with Gasteiger partial charge >= 0.3 is 0 Å². The van der Waals surface area contributed by atoms with Crippen molar-refractivity contribution < 1.29 is 23.7 Å². The molecule has 0 saturated heterocycles. The Kier molecular flexibility index (Phi) is 5.84. The zero-order valence-corrected chi connectivity index (χ0v) is 14.2. The summed E-state index contributed by atoms with van der Waals surface area (Å²) in [6.07, 6.45) is 3.17. The lowest BCUT2D eigenvalue weighted by atomic mass is 10.1. The Bertz CT molecular complexity index is 749. The quantitative estimate of drug-likeness (QED) is 0.574. The Morgan fingerprint density at radius 2 is 1.62 bits per heavy atom. The molecule has 5 nitrogen and oxygen atoms in total. The van der Waals surface area contributed by atoms with Crippen molar-refractivity contribution in [2.24, 2.45) is 0 Å². The van der Waals surface area contributed by atoms with Gasteiger partial charge in [0, 0.05) is 11.1 Å². The Hall–Kier alpha value is -2.95. The minimum atomic E-state index is -0.134. The topological polar surface area (TPSA) is 54.0 Å². The van der Waals surface area contributed by atoms with Crippen LogP contribution in [0.3, 0.4) is 0 Å². The van der Waals surface area contributed by atoms with Crippen LogP contribution in [-0.2, 0) is 0 Å². The molecule has 0 saturated carbocycles. The summed E-state index contributed by atoms with van der Waals surface area (Å²) >= 11 is 0. The molecule has 0 N–H and O–H groups in total. The van der Waals surface area contributed by atoms with Crippen LogP contribution in [0.5, 0.6) is 23.0 Å². The van der Waals surface area contributed by atoms with Gasteiger partial charge in [0.1, 0.15) is 5.75 Å². The molecule has 0 fully saturated rings. The summed E-state index contributed by atoms with van der Waals surface area (Å²) in [5.74, 6) is 2.05. The molecule has 0 amide bonds. The summed E-state index contributed by atoms with van der Waals surface area (Å²) in [7, 11) is 6.20. The second-order valence-electron chi connectivity index (χ2n) is 4.85. The van der Waals surface area contributed by atoms with E-state index in [1.807, 2.05) is 0 Å². The number of carbonyl (C=O) groups excluding carboxylic acids is 1. The molecule has 0 radical (unpaired) electrons. The average Bonchev–Trinajstić information content (AvgIpc) is 2.64. The van der Waals surface area contributed by atoms with Crippen molar-refractivity contribution in [2.45, 2.75) is 0 Å². The summed E-state index contributed by atoms with van der Waals surface area (Å²) in [4.78, 5) is 12.3. The van der Waals surface area contributed by atoms with E-state index in [-0.39, 0.29) is 5.78 Å². The zero-order valence-electron chi connectivity index (χ0n) is 14.2. The third-order valence-electron chi connectivity index (χ3n) is 3.50. The fraction of sp³-hybridized carbons (Fsp3) is 0.211. The van der Waals surface area contributed by atoms with Gasteiger partial charge in [-0.25, -0.2) is 0 Å². The van der Waals surface area contributed by atoms with Gasteiger partial charge in [-0.1, -0.05) is 12.1 Å². The van der Waals surface area contributed by atoms with Crippen molar-refractivity contribution in [3.05, 3.63) is 53.6 Å². The van der Waals surface area contributed by atoms with E-state index in [2.05, 4.69) is 0 Å². The molecule has 0 aliphatic rings. The zero-order chi connectivity index (χ0) is 17.5. The molecule has 0 aromatic heterocycles. The van der Waals surface area contributed by atoms with Crippen LogP contribution in [0.4, 0.5) is 0 Å². The number of allylic oxidation sites excluding steroid dienone is 1. The average molecular weight is 328 g/mol. The number of benzene rings is 2. The maximum atomic E-state index is 12.3. The molecule has 0 aliphatic carbocycles. The van der Waals surface area contributed by atoms with Gasteiger partial charge in [-0.05, 0) is 36.4 Å². The molecule has 24 heavy (non-hydrogen) atoms. The number of hydrogen-bond acceptors (Lipinski definition) is 5. The summed E-state index contributed by atoms with van der Waals surface area (Å²) < 4.78 is 21.1. The van der Waals surface area contributed by atoms with Crippen LogP contribution < -0.4 is 18.9 Å². The fourth-order valence-electron chi connectivity index (χ4n) is 2.29. The van der Waals surface area contributed by atoms with Crippen molar-refractivity contribution in [1.29, 1.82) is 0 Å². The highest BCUT2D eigenvalue weighted by atomic mass is 16.5. The highest BCUT2D eigenvalue weighted by Crippen LogP contribution is 2.40. The summed E-state index contributed by atoms with van der Waals surface area (Å²) in [5, 5.41) is 0. The molecule has 5 heteroatoms. The molecular weight excluding hydrogens is 308 g/mol. The van der Waals surface area contributed by atoms with E-state index >= 15 is 0 Å². The van der Waals surface area contributed by atoms with Gasteiger partial charge in [0.15, 0.2) is 17.3 Å². The first-order valence-corrected chi connectivity index (χ1v) is 7.30. The molecule has 0 unspecified atom stereocenters. The fourth-order valence-corrected chi connectivity index (χ4v) is 2.29. The van der Waals surface area contributed by atoms with Gasteiger partial charge in [0.25, 0.3) is 0 Å². The largest absolute Gasteiger partial charge is 0.497 e. The van der Waals surface area contributed by atoms with Crippen LogP contribution in [0.2, 0.25) is 0 Å². The van der Waals surface area contributed by atoms with Gasteiger partial charge in [-0.15, -0.1) is 0 Å². The van der Waals surface area contributed by atoms with Crippen LogP contribution in [0, 0.1) is 0 Å². The Morgan fingerprint density at radius 1 is 0.875 bits per heavy atom. The normalized spacial score (nSPS) is 10.5. The lowest BCUT2D eigenvalue weighted by Gasteiger charge is -2.13. The highest BCUT2D eigenvalue weighted by Gasteiger charge is 2.14. The summed E-state index contributed by atoms with van der Waals surface area (Å²) in [5.41, 5.74) is 1.26. The molecule has 0 spiro atoms. The predicted molar refractivity (Wildman–Crippen MR) is 92.5 cm³/mol. The van der Waals surface area contributed by atoms with Gasteiger partial charge in [-0.3, -0.25) is 4.79 Å². The number of ether oxygens (including phenoxy) is 4. The van der Waals surface area contributed by atoms with Crippen molar-refractivity contribution in [3.63, 3.8) is 0 Å². The molecule has 0 atom stereocenters. The number of hydrogen-bond donors (Lipinski definition) is 0. The Labute approximate surface area is 141 Å². The number of rotatable bonds is 7. The van der Waals surface area contributed by atoms with Crippen LogP contribution in [0.25, 0.3) is 6.08 Å². The SMILES string of the molecule is COc1cccc(C(=O)C=Cc2ccc(OC)c(OC)c2OC)c1. The highest BCUT2D eigenvalue weighted by molar-refractivity contribution is 6.07. The van der Waals surface area contributed by atoms with Crippen LogP contribution in [-0.4, -0.2) is 34.2 Å². The van der Waals surface area contributed by atoms with Gasteiger partial charge in [-0.2, -0.15) is 0 Å². The Balaban J connectivity index is 2.32. The molecular formula is C19H20O5. The Morgan fingerprint density at radius 3 is 2.25 bits per heavy atom. The first kappa shape index (κ1) is 17.4. The van der Waals surface area contributed by atoms with Crippen molar-refractivity contribution in [3.8, 4) is 23.0 Å². The van der Waals surface area contributed by atoms with Gasteiger partial charge in [0.05, 0.1) is 28.4 Å². The number of ketones is 1. The van der Waals surface area contributed by atoms with Crippen molar-refractivity contribution >= 4 is 11.9 Å². The second-order valence-corrected chi connectivity index (χ2v) is 4.85. The van der Waals surface area contributed by atoms with E-state index in [1.165, 1.54) is 13.2 Å². The lowest BCUT2D eigenvalue weighted by Crippen LogP contribution is -1.98. The predicted octanol–water partition coefficient (Wildman–Crippen LogP) is 3.62. The summed E-state index contributed by atoms with van der Waals surface area (Å²) in [6, 6.07) is 10.6. The standard InChI is InChI=1S/C19H20O5/c1-21-15-7-5-6-14(12-15)16(20)10-8-13-9-11-17(22-2)19(24-4)18(13)23-3/h5-12H,1-4H3. The first-order valence-electron chi connectivity index (χ1n) is 7.30. The molecule has 126 valence electrons. The maximum Gasteiger partial charge on any atom is 0.203 e. The smallest absolute Gasteiger partial charge is 0.203 e. The lowest BCUT2D eigenvalue weighted by molar-refractivity contribution is 0.104. The molecule has 2 rings (SSSR count). The molecule has 0 bridgehead atoms. The minimum Gasteiger partial charge on any atom is -0.497 e. The van der Waals surface area contributed by atoms with Gasteiger partial charge < -0.3 is 18.9 Å². The maximum absolute atomic E-state index is 12.3. The second kappa shape index (κ2) is 8.06. The van der Waals surface area contributed by atoms with Crippen molar-refractivity contribution in [1.82, 2.24) is 0 Å². The van der Waals surface area contributed by atoms with Crippen LogP contribution in [0.15, 0.2) is 42.5 Å². The van der Waals surface area contributed by atoms with E-state index in [0.29, 0.717) is 34.1 Å². The van der Waals surface area contributed by atoms with E-state index in [0.717, 1.165) is 0 Å². The van der Waals surface area contributed by atoms with Crippen LogP contribution in [0.1, 0.15) is 15.9 Å². The monoisotopic (exact) mass is 328 g/mol. The number of carbonyl (C=O) groups is 1. The molecule has 0 aliphatic heterocycles. The number of methoxy groups -OCH3 is 4. The molecule has 2 aromatic rings. The van der Waals surface area contributed by atoms with E-state index < -0.39 is 0 Å². The third kappa shape index (κ3) is 3.68.